The Balaban J connectivity index is 0.000000850. The van der Waals surface area contributed by atoms with E-state index in [0.717, 1.165) is 0 Å². The van der Waals surface area contributed by atoms with E-state index in [1.807, 2.05) is 0 Å². The molecule has 0 amide bonds. The molecule has 6 aromatic carbocycles. The molecule has 0 fully saturated rings. The molecule has 4 heteroatoms. The van der Waals surface area contributed by atoms with Crippen molar-refractivity contribution in [2.75, 3.05) is 0 Å². The van der Waals surface area contributed by atoms with E-state index in [4.69, 9.17) is 0 Å². The Morgan fingerprint density at radius 2 is 1.10 bits per heavy atom. The number of halogens is 2. The van der Waals surface area contributed by atoms with Gasteiger partial charge in [-0.2, -0.15) is 12.1 Å². The molecule has 0 saturated carbocycles. The summed E-state index contributed by atoms with van der Waals surface area (Å²) < 4.78 is 0. The molecule has 0 saturated heterocycles. The predicted molar refractivity (Wildman–Crippen MR) is 229 cm³/mol. The van der Waals surface area contributed by atoms with Crippen LogP contribution >= 0.6 is 24.8 Å². The van der Waals surface area contributed by atoms with Crippen LogP contribution in [0.3, 0.4) is 0 Å². The normalized spacial score (nSPS) is 10.8. The second-order valence-electron chi connectivity index (χ2n) is 15.2. The summed E-state index contributed by atoms with van der Waals surface area (Å²) in [6.07, 6.45) is 0. The van der Waals surface area contributed by atoms with E-state index in [9.17, 15) is 0 Å². The summed E-state index contributed by atoms with van der Waals surface area (Å²) in [5.41, 5.74) is 14.0. The fraction of sp³-hybridized carbons (Fsp3) is 0.304. The molecular weight excluding hydrogens is 743 g/mol. The molecule has 0 heterocycles. The molecule has 6 rings (SSSR count). The van der Waals surface area contributed by atoms with Crippen LogP contribution in [0.5, 0.6) is 0 Å². The van der Waals surface area contributed by atoms with Gasteiger partial charge in [0, 0.05) is 0 Å². The number of fused-ring (bicyclic) bond motifs is 2. The molecule has 0 atom stereocenters. The molecule has 0 aromatic heterocycles. The Morgan fingerprint density at radius 1 is 0.600 bits per heavy atom. The molecule has 0 N–H and O–H groups in total. The van der Waals surface area contributed by atoms with Gasteiger partial charge in [-0.15, -0.1) is 87.3 Å². The van der Waals surface area contributed by atoms with Gasteiger partial charge in [0.05, 0.1) is 0 Å². The molecule has 0 aliphatic rings. The third kappa shape index (κ3) is 10.9. The number of benzene rings is 4. The number of hydrogen-bond acceptors (Lipinski definition) is 0. The maximum absolute atomic E-state index is 3.06. The molecule has 6 aromatic rings. The Bertz CT molecular complexity index is 1930. The average molecular weight is 801 g/mol. The first-order chi connectivity index (χ1) is 21.6. The van der Waals surface area contributed by atoms with Gasteiger partial charge in [0.15, 0.2) is 0 Å². The summed E-state index contributed by atoms with van der Waals surface area (Å²) in [6.45, 7) is 27.8. The monoisotopic (exact) mass is 798 g/mol. The summed E-state index contributed by atoms with van der Waals surface area (Å²) in [6, 6.07) is 36.4. The zero-order valence-corrected chi connectivity index (χ0v) is 37.7. The quantitative estimate of drug-likeness (QED) is 0.124. The predicted octanol–water partition coefficient (Wildman–Crippen LogP) is 14.5. The Labute approximate surface area is 334 Å². The molecule has 50 heavy (non-hydrogen) atoms. The van der Waals surface area contributed by atoms with Gasteiger partial charge in [0.1, 0.15) is 0 Å². The van der Waals surface area contributed by atoms with E-state index in [0.29, 0.717) is 5.92 Å². The van der Waals surface area contributed by atoms with Crippen LogP contribution in [0.1, 0.15) is 94.7 Å². The van der Waals surface area contributed by atoms with Crippen LogP contribution in [0.15, 0.2) is 97.1 Å². The van der Waals surface area contributed by atoms with Crippen LogP contribution < -0.4 is 0 Å². The molecule has 0 nitrogen and oxygen atoms in total. The van der Waals surface area contributed by atoms with Gasteiger partial charge in [0.25, 0.3) is 0 Å². The van der Waals surface area contributed by atoms with Crippen molar-refractivity contribution >= 4 is 53.2 Å². The van der Waals surface area contributed by atoms with Crippen LogP contribution in [0.4, 0.5) is 0 Å². The molecule has 0 unspecified atom stereocenters. The number of rotatable bonds is 3. The fourth-order valence-electron chi connectivity index (χ4n) is 6.39. The zero-order chi connectivity index (χ0) is 34.0. The number of hydrogen-bond donors (Lipinski definition) is 0. The molecule has 2 radical (unpaired) electrons. The van der Waals surface area contributed by atoms with Gasteiger partial charge in [-0.1, -0.05) is 147 Å². The van der Waals surface area contributed by atoms with Crippen molar-refractivity contribution in [2.24, 2.45) is 0 Å². The van der Waals surface area contributed by atoms with Crippen LogP contribution in [-0.2, 0) is 34.2 Å². The van der Waals surface area contributed by atoms with Crippen LogP contribution in [0.2, 0.25) is 0 Å². The van der Waals surface area contributed by atoms with Gasteiger partial charge >= 0.3 is 30.2 Å². The summed E-state index contributed by atoms with van der Waals surface area (Å²) in [7, 11) is 0. The van der Waals surface area contributed by atoms with Crippen molar-refractivity contribution in [3.8, 4) is 22.3 Å². The topological polar surface area (TPSA) is 0 Å². The Morgan fingerprint density at radius 3 is 1.58 bits per heavy atom. The van der Waals surface area contributed by atoms with Crippen molar-refractivity contribution in [1.82, 2.24) is 0 Å². The summed E-state index contributed by atoms with van der Waals surface area (Å²) in [5, 5.41) is 5.49. The van der Waals surface area contributed by atoms with Gasteiger partial charge in [-0.05, 0) is 45.9 Å². The van der Waals surface area contributed by atoms with Crippen molar-refractivity contribution in [1.29, 1.82) is 0 Å². The third-order valence-electron chi connectivity index (χ3n) is 9.10. The van der Waals surface area contributed by atoms with E-state index in [2.05, 4.69) is 180 Å². The third-order valence-corrected chi connectivity index (χ3v) is 9.10. The Hall–Kier alpha value is -2.22. The Kier molecular flexibility index (Phi) is 18.7. The van der Waals surface area contributed by atoms with E-state index in [-0.39, 0.29) is 50.5 Å². The molecule has 0 spiro atoms. The van der Waals surface area contributed by atoms with Crippen molar-refractivity contribution in [3.05, 3.63) is 145 Å². The van der Waals surface area contributed by atoms with E-state index in [1.54, 1.807) is 0 Å². The molecule has 0 aliphatic carbocycles. The SMILES string of the molecule is CC(C)c1cc2c(-c3ccc(C(C)(C)C)cc3)cccc2[cH-]1.Cc1cc2c(-c3ccc(C(C)(C)C)cc3)c(C)cc(C)c2[cH-]1.Cl.Cl.[CH3-].[CH3-].[Si]=[Zr]. The first-order valence-corrected chi connectivity index (χ1v) is 20.7. The van der Waals surface area contributed by atoms with Crippen molar-refractivity contribution in [2.45, 2.75) is 92.9 Å². The first kappa shape index (κ1) is 47.8. The van der Waals surface area contributed by atoms with E-state index < -0.39 is 0 Å². The average Bonchev–Trinajstić information content (AvgIpc) is 3.62. The number of aryl methyl sites for hydroxylation is 3. The second kappa shape index (κ2) is 19.6. The molecule has 0 aliphatic heterocycles. The van der Waals surface area contributed by atoms with Gasteiger partial charge in [-0.3, -0.25) is 0 Å². The zero-order valence-electron chi connectivity index (χ0n) is 32.6. The van der Waals surface area contributed by atoms with Gasteiger partial charge < -0.3 is 14.9 Å². The first-order valence-electron chi connectivity index (χ1n) is 16.5. The van der Waals surface area contributed by atoms with E-state index >= 15 is 0 Å². The van der Waals surface area contributed by atoms with Gasteiger partial charge in [0.2, 0.25) is 0 Å². The van der Waals surface area contributed by atoms with Crippen molar-refractivity contribution in [3.63, 3.8) is 0 Å². The summed E-state index contributed by atoms with van der Waals surface area (Å²) in [5.74, 6) is 0.573. The maximum atomic E-state index is 3.06. The van der Waals surface area contributed by atoms with E-state index in [1.165, 1.54) is 101 Å². The minimum atomic E-state index is 0. The van der Waals surface area contributed by atoms with Crippen LogP contribution in [0, 0.1) is 35.6 Å². The summed E-state index contributed by atoms with van der Waals surface area (Å²) in [4.78, 5) is 0. The standard InChI is InChI=1S/2C22H25.2CH3.2ClH.Si.Zr/c1-14-11-19-15(2)13-16(3)21(20(19)12-14)17-7-9-18(10-8-17)22(4,5)6;1-15(2)18-13-17-7-6-8-20(21(17)14-18)16-9-11-19(12-10-16)22(3,4)5;;;;;;/h7-13H,1-6H3;6-15H,1-5H3;2*1H3;2*1H;;/q4*-1;;;;. The summed E-state index contributed by atoms with van der Waals surface area (Å²) >= 11 is 1.36. The minimum absolute atomic E-state index is 0. The van der Waals surface area contributed by atoms with Crippen LogP contribution in [-0.4, -0.2) is 6.88 Å². The van der Waals surface area contributed by atoms with Gasteiger partial charge in [-0.25, -0.2) is 0 Å². The fourth-order valence-corrected chi connectivity index (χ4v) is 6.39. The molecule has 268 valence electrons. The van der Waals surface area contributed by atoms with Crippen LogP contribution in [0.25, 0.3) is 43.8 Å². The molecule has 0 bridgehead atoms. The second-order valence-corrected chi connectivity index (χ2v) is 15.2. The molecular formula is C46H58Cl2SiZr-4. The van der Waals surface area contributed by atoms with Crippen molar-refractivity contribution < 1.29 is 23.3 Å².